The number of benzene rings is 1. The number of aliphatic hydroxyl groups excluding tert-OH is 1. The first-order chi connectivity index (χ1) is 9.38. The van der Waals surface area contributed by atoms with Crippen LogP contribution in [0.1, 0.15) is 15.9 Å². The van der Waals surface area contributed by atoms with Gasteiger partial charge in [0.2, 0.25) is 10.0 Å². The summed E-state index contributed by atoms with van der Waals surface area (Å²) in [6.07, 6.45) is 0. The van der Waals surface area contributed by atoms with E-state index in [1.807, 2.05) is 0 Å². The lowest BCUT2D eigenvalue weighted by Crippen LogP contribution is -2.28. The number of ether oxygens (including phenoxy) is 1. The number of aryl methyl sites for hydroxylation is 1. The zero-order valence-electron chi connectivity index (χ0n) is 11.0. The van der Waals surface area contributed by atoms with Gasteiger partial charge in [-0.2, -0.15) is 0 Å². The van der Waals surface area contributed by atoms with Crippen molar-refractivity contribution in [2.24, 2.45) is 0 Å². The Bertz CT molecular complexity index is 569. The average molecular weight is 303 g/mol. The van der Waals surface area contributed by atoms with Crippen molar-refractivity contribution in [1.29, 1.82) is 0 Å². The van der Waals surface area contributed by atoms with Gasteiger partial charge in [-0.15, -0.1) is 0 Å². The quantitative estimate of drug-likeness (QED) is 0.582. The van der Waals surface area contributed by atoms with Gasteiger partial charge >= 0.3 is 5.97 Å². The smallest absolute Gasteiger partial charge is 0.335 e. The number of aliphatic hydroxyl groups is 1. The van der Waals surface area contributed by atoms with Crippen molar-refractivity contribution in [2.75, 3.05) is 26.4 Å². The summed E-state index contributed by atoms with van der Waals surface area (Å²) in [5.41, 5.74) is 0.437. The van der Waals surface area contributed by atoms with E-state index in [0.29, 0.717) is 5.56 Å². The van der Waals surface area contributed by atoms with Crippen molar-refractivity contribution in [2.45, 2.75) is 11.8 Å². The average Bonchev–Trinajstić information content (AvgIpc) is 2.38. The summed E-state index contributed by atoms with van der Waals surface area (Å²) < 4.78 is 31.1. The van der Waals surface area contributed by atoms with Crippen molar-refractivity contribution in [1.82, 2.24) is 4.72 Å². The topological polar surface area (TPSA) is 113 Å². The Hall–Kier alpha value is -1.48. The maximum absolute atomic E-state index is 11.9. The number of nitrogens with one attached hydrogen (secondary N) is 1. The van der Waals surface area contributed by atoms with Gasteiger partial charge in [0.25, 0.3) is 0 Å². The number of sulfonamides is 1. The minimum Gasteiger partial charge on any atom is -0.478 e. The molecule has 3 N–H and O–H groups in total. The molecule has 20 heavy (non-hydrogen) atoms. The van der Waals surface area contributed by atoms with Crippen molar-refractivity contribution in [3.05, 3.63) is 29.3 Å². The van der Waals surface area contributed by atoms with Gasteiger partial charge in [-0.1, -0.05) is 6.07 Å². The molecule has 0 radical (unpaired) electrons. The Morgan fingerprint density at radius 1 is 1.35 bits per heavy atom. The van der Waals surface area contributed by atoms with E-state index in [0.717, 1.165) is 6.07 Å². The second-order valence-electron chi connectivity index (χ2n) is 4.02. The number of hydrogen-bond donors (Lipinski definition) is 3. The molecule has 0 heterocycles. The maximum Gasteiger partial charge on any atom is 0.335 e. The zero-order valence-corrected chi connectivity index (χ0v) is 11.8. The van der Waals surface area contributed by atoms with Crippen LogP contribution in [0.4, 0.5) is 0 Å². The number of carbonyl (C=O) groups is 1. The summed E-state index contributed by atoms with van der Waals surface area (Å²) in [5, 5.41) is 17.5. The molecule has 1 rings (SSSR count). The zero-order chi connectivity index (χ0) is 15.2. The highest BCUT2D eigenvalue weighted by Crippen LogP contribution is 2.15. The van der Waals surface area contributed by atoms with Crippen molar-refractivity contribution in [3.63, 3.8) is 0 Å². The molecule has 0 spiro atoms. The van der Waals surface area contributed by atoms with Crippen LogP contribution in [0.25, 0.3) is 0 Å². The summed E-state index contributed by atoms with van der Waals surface area (Å²) in [7, 11) is -3.78. The summed E-state index contributed by atoms with van der Waals surface area (Å²) >= 11 is 0. The lowest BCUT2D eigenvalue weighted by molar-refractivity contribution is 0.0696. The van der Waals surface area contributed by atoms with Crippen LogP contribution in [-0.4, -0.2) is 51.0 Å². The van der Waals surface area contributed by atoms with Crippen LogP contribution >= 0.6 is 0 Å². The predicted octanol–water partition coefficient (Wildman–Crippen LogP) is -0.0196. The molecule has 0 fully saturated rings. The van der Waals surface area contributed by atoms with Gasteiger partial charge in [0.05, 0.1) is 30.3 Å². The SMILES string of the molecule is Cc1ccc(S(=O)(=O)NCCOCCO)cc1C(=O)O. The van der Waals surface area contributed by atoms with E-state index in [2.05, 4.69) is 4.72 Å². The fourth-order valence-corrected chi connectivity index (χ4v) is 2.54. The monoisotopic (exact) mass is 303 g/mol. The van der Waals surface area contributed by atoms with E-state index in [1.54, 1.807) is 6.92 Å². The van der Waals surface area contributed by atoms with Crippen molar-refractivity contribution in [3.8, 4) is 0 Å². The molecule has 0 aromatic heterocycles. The van der Waals surface area contributed by atoms with Gasteiger partial charge in [-0.05, 0) is 24.6 Å². The van der Waals surface area contributed by atoms with Gasteiger partial charge < -0.3 is 14.9 Å². The molecular formula is C12H17NO6S. The van der Waals surface area contributed by atoms with E-state index in [4.69, 9.17) is 14.9 Å². The Morgan fingerprint density at radius 2 is 2.05 bits per heavy atom. The third kappa shape index (κ3) is 4.57. The second kappa shape index (κ2) is 7.34. The van der Waals surface area contributed by atoms with E-state index < -0.39 is 16.0 Å². The van der Waals surface area contributed by atoms with Crippen LogP contribution in [0.15, 0.2) is 23.1 Å². The molecule has 0 atom stereocenters. The van der Waals surface area contributed by atoms with E-state index in [-0.39, 0.29) is 36.8 Å². The number of aromatic carboxylic acids is 1. The molecule has 0 aliphatic heterocycles. The molecule has 1 aromatic rings. The van der Waals surface area contributed by atoms with Crippen molar-refractivity contribution < 1.29 is 28.2 Å². The molecular weight excluding hydrogens is 286 g/mol. The molecule has 0 saturated carbocycles. The molecule has 0 amide bonds. The number of rotatable bonds is 8. The third-order valence-electron chi connectivity index (χ3n) is 2.52. The molecule has 1 aromatic carbocycles. The summed E-state index contributed by atoms with van der Waals surface area (Å²) in [6.45, 7) is 1.76. The molecule has 0 aliphatic rings. The molecule has 0 unspecified atom stereocenters. The summed E-state index contributed by atoms with van der Waals surface area (Å²) in [5.74, 6) is -1.18. The van der Waals surface area contributed by atoms with Gasteiger partial charge in [0, 0.05) is 6.54 Å². The van der Waals surface area contributed by atoms with Crippen LogP contribution in [-0.2, 0) is 14.8 Å². The van der Waals surface area contributed by atoms with Crippen LogP contribution in [0, 0.1) is 6.92 Å². The Kier molecular flexibility index (Phi) is 6.08. The number of carboxylic acids is 1. The first-order valence-corrected chi connectivity index (χ1v) is 7.39. The molecule has 0 aliphatic carbocycles. The molecule has 0 bridgehead atoms. The van der Waals surface area contributed by atoms with Gasteiger partial charge in [-0.3, -0.25) is 0 Å². The van der Waals surface area contributed by atoms with E-state index in [1.165, 1.54) is 12.1 Å². The fourth-order valence-electron chi connectivity index (χ4n) is 1.50. The van der Waals surface area contributed by atoms with Gasteiger partial charge in [0.1, 0.15) is 0 Å². The highest BCUT2D eigenvalue weighted by atomic mass is 32.2. The first-order valence-electron chi connectivity index (χ1n) is 5.90. The minimum atomic E-state index is -3.78. The molecule has 0 saturated heterocycles. The Morgan fingerprint density at radius 3 is 2.65 bits per heavy atom. The standard InChI is InChI=1S/C12H17NO6S/c1-9-2-3-10(8-11(9)12(15)16)20(17,18)13-4-6-19-7-5-14/h2-3,8,13-14H,4-7H2,1H3,(H,15,16). The van der Waals surface area contributed by atoms with Crippen LogP contribution in [0.2, 0.25) is 0 Å². The lowest BCUT2D eigenvalue weighted by atomic mass is 10.1. The Labute approximate surface area is 117 Å². The first kappa shape index (κ1) is 16.6. The summed E-state index contributed by atoms with van der Waals surface area (Å²) in [6, 6.07) is 3.91. The number of carboxylic acid groups (broad SMARTS) is 1. The normalized spacial score (nSPS) is 11.5. The maximum atomic E-state index is 11.9. The highest BCUT2D eigenvalue weighted by Gasteiger charge is 2.17. The largest absolute Gasteiger partial charge is 0.478 e. The minimum absolute atomic E-state index is 0.0403. The van der Waals surface area contributed by atoms with Gasteiger partial charge in [-0.25, -0.2) is 17.9 Å². The molecule has 112 valence electrons. The van der Waals surface area contributed by atoms with Crippen LogP contribution in [0.5, 0.6) is 0 Å². The Balaban J connectivity index is 2.77. The predicted molar refractivity (Wildman–Crippen MR) is 71.2 cm³/mol. The summed E-state index contributed by atoms with van der Waals surface area (Å²) in [4.78, 5) is 10.9. The lowest BCUT2D eigenvalue weighted by Gasteiger charge is -2.09. The van der Waals surface area contributed by atoms with Crippen LogP contribution < -0.4 is 4.72 Å². The van der Waals surface area contributed by atoms with E-state index in [9.17, 15) is 13.2 Å². The van der Waals surface area contributed by atoms with E-state index >= 15 is 0 Å². The molecule has 7 nitrogen and oxygen atoms in total. The second-order valence-corrected chi connectivity index (χ2v) is 5.78. The number of hydrogen-bond acceptors (Lipinski definition) is 5. The van der Waals surface area contributed by atoms with Crippen LogP contribution in [0.3, 0.4) is 0 Å². The third-order valence-corrected chi connectivity index (χ3v) is 3.98. The highest BCUT2D eigenvalue weighted by molar-refractivity contribution is 7.89. The molecule has 8 heteroatoms. The fraction of sp³-hybridized carbons (Fsp3) is 0.417. The van der Waals surface area contributed by atoms with Crippen molar-refractivity contribution >= 4 is 16.0 Å². The van der Waals surface area contributed by atoms with Gasteiger partial charge in [0.15, 0.2) is 0 Å².